The summed E-state index contributed by atoms with van der Waals surface area (Å²) in [5.41, 5.74) is 1.55. The number of benzene rings is 1. The van der Waals surface area contributed by atoms with Crippen molar-refractivity contribution in [2.24, 2.45) is 0 Å². The van der Waals surface area contributed by atoms with Gasteiger partial charge in [0.05, 0.1) is 6.10 Å². The maximum absolute atomic E-state index is 9.84. The van der Waals surface area contributed by atoms with Crippen LogP contribution in [-0.2, 0) is 5.41 Å². The number of aliphatic hydroxyl groups excluding tert-OH is 1. The summed E-state index contributed by atoms with van der Waals surface area (Å²) in [6.45, 7) is 10.4. The highest BCUT2D eigenvalue weighted by Crippen LogP contribution is 2.25. The van der Waals surface area contributed by atoms with Gasteiger partial charge in [0.15, 0.2) is 0 Å². The number of hydrogen-bond acceptors (Lipinski definition) is 3. The summed E-state index contributed by atoms with van der Waals surface area (Å²) in [4.78, 5) is 1.22. The second-order valence-corrected chi connectivity index (χ2v) is 7.04. The van der Waals surface area contributed by atoms with Crippen LogP contribution in [0.3, 0.4) is 0 Å². The van der Waals surface area contributed by atoms with E-state index in [0.717, 1.165) is 18.7 Å². The fourth-order valence-electron chi connectivity index (χ4n) is 1.75. The van der Waals surface area contributed by atoms with Gasteiger partial charge in [-0.05, 0) is 36.1 Å². The second-order valence-electron chi connectivity index (χ2n) is 5.94. The first-order chi connectivity index (χ1) is 8.93. The molecule has 0 fully saturated rings. The van der Waals surface area contributed by atoms with Gasteiger partial charge in [-0.15, -0.1) is 11.8 Å². The third-order valence-electron chi connectivity index (χ3n) is 2.97. The lowest BCUT2D eigenvalue weighted by molar-refractivity contribution is 0.196. The molecule has 0 spiro atoms. The number of thioether (sulfide) groups is 1. The molecule has 0 amide bonds. The Morgan fingerprint density at radius 3 is 2.37 bits per heavy atom. The molecular formula is C16H27NOS. The molecule has 0 aliphatic rings. The Morgan fingerprint density at radius 1 is 1.21 bits per heavy atom. The second kappa shape index (κ2) is 7.93. The van der Waals surface area contributed by atoms with Crippen molar-refractivity contribution in [1.29, 1.82) is 0 Å². The summed E-state index contributed by atoms with van der Waals surface area (Å²) in [5, 5.41) is 13.1. The molecule has 0 bridgehead atoms. The van der Waals surface area contributed by atoms with Gasteiger partial charge in [-0.1, -0.05) is 39.8 Å². The van der Waals surface area contributed by atoms with Gasteiger partial charge < -0.3 is 10.4 Å². The minimum atomic E-state index is -0.279. The van der Waals surface area contributed by atoms with E-state index in [4.69, 9.17) is 0 Å². The molecule has 1 rings (SSSR count). The van der Waals surface area contributed by atoms with Crippen molar-refractivity contribution < 1.29 is 5.11 Å². The van der Waals surface area contributed by atoms with E-state index in [1.807, 2.05) is 0 Å². The molecule has 2 N–H and O–H groups in total. The molecule has 0 aliphatic heterocycles. The minimum absolute atomic E-state index is 0.201. The summed E-state index contributed by atoms with van der Waals surface area (Å²) in [5.74, 6) is 0.742. The van der Waals surface area contributed by atoms with Gasteiger partial charge in [0.2, 0.25) is 0 Å². The summed E-state index contributed by atoms with van der Waals surface area (Å²) in [6, 6.07) is 8.67. The molecule has 1 unspecified atom stereocenters. The van der Waals surface area contributed by atoms with E-state index in [1.165, 1.54) is 10.5 Å². The predicted octanol–water partition coefficient (Wildman–Crippen LogP) is 3.44. The van der Waals surface area contributed by atoms with Crippen LogP contribution < -0.4 is 5.32 Å². The van der Waals surface area contributed by atoms with E-state index < -0.39 is 0 Å². The van der Waals surface area contributed by atoms with Gasteiger partial charge in [-0.2, -0.15) is 0 Å². The zero-order chi connectivity index (χ0) is 14.3. The molecule has 0 heterocycles. The average molecular weight is 281 g/mol. The molecule has 0 aromatic heterocycles. The van der Waals surface area contributed by atoms with Crippen LogP contribution in [0.5, 0.6) is 0 Å². The molecule has 1 aromatic rings. The smallest absolute Gasteiger partial charge is 0.0758 e. The third-order valence-corrected chi connectivity index (χ3v) is 4.13. The highest BCUT2D eigenvalue weighted by Gasteiger charge is 2.13. The Balaban J connectivity index is 2.37. The fourth-order valence-corrected chi connectivity index (χ4v) is 2.58. The molecule has 0 aliphatic carbocycles. The van der Waals surface area contributed by atoms with Crippen LogP contribution in [-0.4, -0.2) is 30.1 Å². The average Bonchev–Trinajstić information content (AvgIpc) is 2.36. The number of rotatable bonds is 7. The maximum atomic E-state index is 9.84. The first-order valence-corrected chi connectivity index (χ1v) is 8.04. The Morgan fingerprint density at radius 2 is 1.84 bits per heavy atom. The molecule has 0 saturated carbocycles. The van der Waals surface area contributed by atoms with Gasteiger partial charge in [-0.3, -0.25) is 0 Å². The Labute approximate surface area is 122 Å². The lowest BCUT2D eigenvalue weighted by Gasteiger charge is -2.19. The molecule has 0 saturated heterocycles. The zero-order valence-corrected chi connectivity index (χ0v) is 13.4. The van der Waals surface area contributed by atoms with Crippen molar-refractivity contribution in [3.63, 3.8) is 0 Å². The van der Waals surface area contributed by atoms with Crippen molar-refractivity contribution in [1.82, 2.24) is 5.32 Å². The zero-order valence-electron chi connectivity index (χ0n) is 12.6. The Hall–Kier alpha value is -0.510. The van der Waals surface area contributed by atoms with Crippen LogP contribution in [0.15, 0.2) is 29.2 Å². The van der Waals surface area contributed by atoms with Gasteiger partial charge in [-0.25, -0.2) is 0 Å². The van der Waals surface area contributed by atoms with Crippen LogP contribution in [0.1, 0.15) is 39.7 Å². The predicted molar refractivity (Wildman–Crippen MR) is 85.0 cm³/mol. The summed E-state index contributed by atoms with van der Waals surface area (Å²) in [7, 11) is 0. The standard InChI is InChI=1S/C16H27NOS/c1-5-10-17-11-14(18)12-19-15-8-6-13(7-9-15)16(2,3)4/h6-9,14,17-18H,5,10-12H2,1-4H3. The van der Waals surface area contributed by atoms with Crippen LogP contribution >= 0.6 is 11.8 Å². The van der Waals surface area contributed by atoms with Crippen molar-refractivity contribution in [3.05, 3.63) is 29.8 Å². The maximum Gasteiger partial charge on any atom is 0.0758 e. The van der Waals surface area contributed by atoms with Crippen LogP contribution in [0.4, 0.5) is 0 Å². The van der Waals surface area contributed by atoms with Crippen LogP contribution in [0, 0.1) is 0 Å². The van der Waals surface area contributed by atoms with Crippen molar-refractivity contribution in [2.75, 3.05) is 18.8 Å². The summed E-state index contributed by atoms with van der Waals surface area (Å²) < 4.78 is 0. The van der Waals surface area contributed by atoms with Gasteiger partial charge >= 0.3 is 0 Å². The van der Waals surface area contributed by atoms with E-state index in [9.17, 15) is 5.11 Å². The topological polar surface area (TPSA) is 32.3 Å². The highest BCUT2D eigenvalue weighted by atomic mass is 32.2. The highest BCUT2D eigenvalue weighted by molar-refractivity contribution is 7.99. The first-order valence-electron chi connectivity index (χ1n) is 7.05. The van der Waals surface area contributed by atoms with Crippen molar-refractivity contribution in [3.8, 4) is 0 Å². The quantitative estimate of drug-likeness (QED) is 0.593. The normalized spacial score (nSPS) is 13.5. The van der Waals surface area contributed by atoms with Crippen LogP contribution in [0.25, 0.3) is 0 Å². The molecule has 2 nitrogen and oxygen atoms in total. The number of hydrogen-bond donors (Lipinski definition) is 2. The first kappa shape index (κ1) is 16.5. The van der Waals surface area contributed by atoms with Crippen molar-refractivity contribution in [2.45, 2.75) is 50.5 Å². The van der Waals surface area contributed by atoms with E-state index >= 15 is 0 Å². The minimum Gasteiger partial charge on any atom is -0.391 e. The molecule has 1 atom stereocenters. The lowest BCUT2D eigenvalue weighted by Crippen LogP contribution is -2.28. The number of aliphatic hydroxyl groups is 1. The van der Waals surface area contributed by atoms with E-state index in [1.54, 1.807) is 11.8 Å². The van der Waals surface area contributed by atoms with Gasteiger partial charge in [0.25, 0.3) is 0 Å². The molecule has 0 radical (unpaired) electrons. The number of nitrogens with one attached hydrogen (secondary N) is 1. The Bertz CT molecular complexity index is 356. The lowest BCUT2D eigenvalue weighted by atomic mass is 9.87. The SMILES string of the molecule is CCCNCC(O)CSc1ccc(C(C)(C)C)cc1. The third kappa shape index (κ3) is 6.46. The molecule has 19 heavy (non-hydrogen) atoms. The van der Waals surface area contributed by atoms with E-state index in [-0.39, 0.29) is 11.5 Å². The van der Waals surface area contributed by atoms with Crippen molar-refractivity contribution >= 4 is 11.8 Å². The summed E-state index contributed by atoms with van der Waals surface area (Å²) >= 11 is 1.72. The van der Waals surface area contributed by atoms with E-state index in [0.29, 0.717) is 6.54 Å². The molecule has 3 heteroatoms. The Kier molecular flexibility index (Phi) is 6.90. The van der Waals surface area contributed by atoms with E-state index in [2.05, 4.69) is 57.3 Å². The molecule has 108 valence electrons. The van der Waals surface area contributed by atoms with Gasteiger partial charge in [0, 0.05) is 17.2 Å². The van der Waals surface area contributed by atoms with Crippen LogP contribution in [0.2, 0.25) is 0 Å². The van der Waals surface area contributed by atoms with Gasteiger partial charge in [0.1, 0.15) is 0 Å². The monoisotopic (exact) mass is 281 g/mol. The summed E-state index contributed by atoms with van der Waals surface area (Å²) in [6.07, 6.45) is 0.826. The molecule has 1 aromatic carbocycles. The fraction of sp³-hybridized carbons (Fsp3) is 0.625. The molecular weight excluding hydrogens is 254 g/mol. The largest absolute Gasteiger partial charge is 0.391 e.